The fraction of sp³-hybridized carbons (Fsp3) is 0.381. The number of esters is 1. The molecule has 2 heterocycles. The molecule has 0 N–H and O–H groups in total. The van der Waals surface area contributed by atoms with Crippen LogP contribution in [0.1, 0.15) is 24.3 Å². The van der Waals surface area contributed by atoms with Gasteiger partial charge in [0.05, 0.1) is 13.2 Å². The summed E-state index contributed by atoms with van der Waals surface area (Å²) in [5.74, 6) is -0.413. The van der Waals surface area contributed by atoms with Crippen molar-refractivity contribution in [1.82, 2.24) is 0 Å². The molecule has 4 rings (SSSR count). The molecule has 2 aliphatic heterocycles. The second-order valence-corrected chi connectivity index (χ2v) is 6.59. The first kappa shape index (κ1) is 18.1. The summed E-state index contributed by atoms with van der Waals surface area (Å²) in [6.45, 7) is 2.03. The van der Waals surface area contributed by atoms with Crippen LogP contribution >= 0.6 is 0 Å². The Kier molecular flexibility index (Phi) is 5.50. The molecule has 2 saturated heterocycles. The van der Waals surface area contributed by atoms with Gasteiger partial charge in [-0.3, -0.25) is 4.79 Å². The van der Waals surface area contributed by atoms with E-state index in [1.165, 1.54) is 6.92 Å². The predicted molar refractivity (Wildman–Crippen MR) is 95.5 cm³/mol. The SMILES string of the molecule is CC(=O)O[C@H]1[C@@H](OCc2ccccc2)OC[C@@H]2O[C@H](c3ccccc3)O[C@H]12. The summed E-state index contributed by atoms with van der Waals surface area (Å²) < 4.78 is 29.3. The average molecular weight is 370 g/mol. The molecule has 5 atom stereocenters. The monoisotopic (exact) mass is 370 g/mol. The third-order valence-electron chi connectivity index (χ3n) is 4.59. The van der Waals surface area contributed by atoms with Gasteiger partial charge in [0.25, 0.3) is 0 Å². The van der Waals surface area contributed by atoms with Crippen LogP contribution in [-0.2, 0) is 35.1 Å². The topological polar surface area (TPSA) is 63.2 Å². The maximum absolute atomic E-state index is 11.6. The molecule has 2 fully saturated rings. The summed E-state index contributed by atoms with van der Waals surface area (Å²) in [5, 5.41) is 0. The number of carbonyl (C=O) groups excluding carboxylic acids is 1. The van der Waals surface area contributed by atoms with Crippen LogP contribution in [0.4, 0.5) is 0 Å². The van der Waals surface area contributed by atoms with Crippen LogP contribution in [0.25, 0.3) is 0 Å². The van der Waals surface area contributed by atoms with Gasteiger partial charge in [0.15, 0.2) is 18.7 Å². The van der Waals surface area contributed by atoms with Crippen LogP contribution < -0.4 is 0 Å². The average Bonchev–Trinajstić information content (AvgIpc) is 3.13. The van der Waals surface area contributed by atoms with Crippen molar-refractivity contribution in [3.63, 3.8) is 0 Å². The van der Waals surface area contributed by atoms with Gasteiger partial charge < -0.3 is 23.7 Å². The molecule has 2 aliphatic rings. The van der Waals surface area contributed by atoms with E-state index in [1.807, 2.05) is 60.7 Å². The zero-order chi connectivity index (χ0) is 18.6. The van der Waals surface area contributed by atoms with Crippen molar-refractivity contribution in [2.75, 3.05) is 6.61 Å². The minimum Gasteiger partial charge on any atom is -0.454 e. The van der Waals surface area contributed by atoms with E-state index < -0.39 is 30.8 Å². The molecule has 6 nitrogen and oxygen atoms in total. The van der Waals surface area contributed by atoms with E-state index in [-0.39, 0.29) is 6.10 Å². The predicted octanol–water partition coefficient (Wildman–Crippen LogP) is 2.97. The Bertz CT molecular complexity index is 750. The molecule has 6 heteroatoms. The second kappa shape index (κ2) is 8.19. The Labute approximate surface area is 157 Å². The smallest absolute Gasteiger partial charge is 0.303 e. The Hall–Kier alpha value is -2.25. The quantitative estimate of drug-likeness (QED) is 0.754. The lowest BCUT2D eigenvalue weighted by atomic mass is 10.1. The zero-order valence-electron chi connectivity index (χ0n) is 15.0. The van der Waals surface area contributed by atoms with Crippen molar-refractivity contribution in [3.8, 4) is 0 Å². The van der Waals surface area contributed by atoms with E-state index in [2.05, 4.69) is 0 Å². The molecule has 0 unspecified atom stereocenters. The van der Waals surface area contributed by atoms with Gasteiger partial charge in [0.1, 0.15) is 12.2 Å². The van der Waals surface area contributed by atoms with Crippen molar-refractivity contribution in [3.05, 3.63) is 71.8 Å². The van der Waals surface area contributed by atoms with Crippen molar-refractivity contribution in [2.24, 2.45) is 0 Å². The first-order valence-electron chi connectivity index (χ1n) is 9.01. The van der Waals surface area contributed by atoms with Crippen LogP contribution in [0.3, 0.4) is 0 Å². The van der Waals surface area contributed by atoms with Gasteiger partial charge >= 0.3 is 5.97 Å². The minimum atomic E-state index is -0.714. The van der Waals surface area contributed by atoms with Crippen LogP contribution in [0.2, 0.25) is 0 Å². The number of carbonyl (C=O) groups is 1. The first-order valence-corrected chi connectivity index (χ1v) is 9.01. The fourth-order valence-electron chi connectivity index (χ4n) is 3.34. The standard InChI is InChI=1S/C21H22O6/c1-14(22)25-19-18-17(26-20(27-18)16-10-6-3-7-11-16)13-24-21(19)23-12-15-8-4-2-5-9-15/h2-11,17-21H,12-13H2,1H3/t17-,18-,19+,20-,21-/m0/s1. The molecule has 27 heavy (non-hydrogen) atoms. The van der Waals surface area contributed by atoms with E-state index >= 15 is 0 Å². The summed E-state index contributed by atoms with van der Waals surface area (Å²) in [4.78, 5) is 11.6. The number of benzene rings is 2. The third-order valence-corrected chi connectivity index (χ3v) is 4.59. The molecule has 0 saturated carbocycles. The van der Waals surface area contributed by atoms with Crippen molar-refractivity contribution in [2.45, 2.75) is 44.4 Å². The molecule has 0 spiro atoms. The maximum Gasteiger partial charge on any atom is 0.303 e. The summed E-state index contributed by atoms with van der Waals surface area (Å²) >= 11 is 0. The van der Waals surface area contributed by atoms with Gasteiger partial charge in [0.2, 0.25) is 0 Å². The Morgan fingerprint density at radius 2 is 1.74 bits per heavy atom. The molecular weight excluding hydrogens is 348 g/mol. The number of fused-ring (bicyclic) bond motifs is 1. The highest BCUT2D eigenvalue weighted by Crippen LogP contribution is 2.37. The van der Waals surface area contributed by atoms with Crippen molar-refractivity contribution in [1.29, 1.82) is 0 Å². The van der Waals surface area contributed by atoms with Crippen LogP contribution in [0, 0.1) is 0 Å². The third kappa shape index (κ3) is 4.20. The molecule has 0 aliphatic carbocycles. The lowest BCUT2D eigenvalue weighted by Crippen LogP contribution is -2.54. The lowest BCUT2D eigenvalue weighted by molar-refractivity contribution is -0.261. The first-order chi connectivity index (χ1) is 13.2. The molecule has 2 aromatic rings. The van der Waals surface area contributed by atoms with Gasteiger partial charge in [-0.2, -0.15) is 0 Å². The Balaban J connectivity index is 1.47. The summed E-state index contributed by atoms with van der Waals surface area (Å²) in [6, 6.07) is 19.4. The van der Waals surface area contributed by atoms with Gasteiger partial charge in [-0.1, -0.05) is 60.7 Å². The minimum absolute atomic E-state index is 0.311. The zero-order valence-corrected chi connectivity index (χ0v) is 15.0. The van der Waals surface area contributed by atoms with Gasteiger partial charge in [0, 0.05) is 12.5 Å². The summed E-state index contributed by atoms with van der Waals surface area (Å²) in [5.41, 5.74) is 1.92. The number of hydrogen-bond acceptors (Lipinski definition) is 6. The van der Waals surface area contributed by atoms with Crippen molar-refractivity contribution >= 4 is 5.97 Å². The van der Waals surface area contributed by atoms with Crippen LogP contribution in [0.5, 0.6) is 0 Å². The number of ether oxygens (including phenoxy) is 5. The van der Waals surface area contributed by atoms with E-state index in [4.69, 9.17) is 23.7 Å². The molecule has 142 valence electrons. The number of rotatable bonds is 5. The van der Waals surface area contributed by atoms with Gasteiger partial charge in [-0.05, 0) is 5.56 Å². The largest absolute Gasteiger partial charge is 0.454 e. The van der Waals surface area contributed by atoms with E-state index in [1.54, 1.807) is 0 Å². The molecule has 0 amide bonds. The molecule has 0 radical (unpaired) electrons. The summed E-state index contributed by atoms with van der Waals surface area (Å²) in [7, 11) is 0. The molecular formula is C21H22O6. The maximum atomic E-state index is 11.6. The second-order valence-electron chi connectivity index (χ2n) is 6.59. The molecule has 0 aromatic heterocycles. The van der Waals surface area contributed by atoms with E-state index in [0.29, 0.717) is 13.2 Å². The highest BCUT2D eigenvalue weighted by atomic mass is 16.8. The van der Waals surface area contributed by atoms with Crippen LogP contribution in [0.15, 0.2) is 60.7 Å². The Morgan fingerprint density at radius 3 is 2.44 bits per heavy atom. The van der Waals surface area contributed by atoms with Gasteiger partial charge in [-0.25, -0.2) is 0 Å². The van der Waals surface area contributed by atoms with E-state index in [0.717, 1.165) is 11.1 Å². The Morgan fingerprint density at radius 1 is 1.04 bits per heavy atom. The van der Waals surface area contributed by atoms with Gasteiger partial charge in [-0.15, -0.1) is 0 Å². The normalized spacial score (nSPS) is 29.9. The highest BCUT2D eigenvalue weighted by Gasteiger charge is 2.51. The number of hydrogen-bond donors (Lipinski definition) is 0. The van der Waals surface area contributed by atoms with Crippen LogP contribution in [-0.4, -0.2) is 37.2 Å². The fourth-order valence-corrected chi connectivity index (χ4v) is 3.34. The molecule has 0 bridgehead atoms. The highest BCUT2D eigenvalue weighted by molar-refractivity contribution is 5.66. The molecule has 2 aromatic carbocycles. The lowest BCUT2D eigenvalue weighted by Gasteiger charge is -2.36. The van der Waals surface area contributed by atoms with E-state index in [9.17, 15) is 4.79 Å². The summed E-state index contributed by atoms with van der Waals surface area (Å²) in [6.07, 6.45) is -2.70. The van der Waals surface area contributed by atoms with Crippen molar-refractivity contribution < 1.29 is 28.5 Å².